The summed E-state index contributed by atoms with van der Waals surface area (Å²) >= 11 is 0. The average molecular weight is 388 g/mol. The van der Waals surface area contributed by atoms with Gasteiger partial charge in [-0.15, -0.1) is 5.10 Å². The van der Waals surface area contributed by atoms with Gasteiger partial charge in [0.2, 0.25) is 0 Å². The van der Waals surface area contributed by atoms with Gasteiger partial charge in [-0.2, -0.15) is 0 Å². The summed E-state index contributed by atoms with van der Waals surface area (Å²) in [5, 5.41) is 5.45. The summed E-state index contributed by atoms with van der Waals surface area (Å²) in [4.78, 5) is 11.7. The number of carbonyl (C=O) groups is 1. The molecule has 0 aliphatic rings. The Hall–Kier alpha value is -3.64. The fourth-order valence-corrected chi connectivity index (χ4v) is 2.87. The first-order chi connectivity index (χ1) is 14.0. The highest BCUT2D eigenvalue weighted by Crippen LogP contribution is 2.15. The van der Waals surface area contributed by atoms with Gasteiger partial charge in [0, 0.05) is 11.1 Å². The number of amidine groups is 1. The van der Waals surface area contributed by atoms with E-state index in [0.717, 1.165) is 22.4 Å². The Morgan fingerprint density at radius 2 is 1.62 bits per heavy atom. The summed E-state index contributed by atoms with van der Waals surface area (Å²) < 4.78 is 5.77. The van der Waals surface area contributed by atoms with Crippen LogP contribution in [0, 0.1) is 0 Å². The lowest BCUT2D eigenvalue weighted by atomic mass is 10.0. The van der Waals surface area contributed by atoms with Crippen LogP contribution in [0.15, 0.2) is 84.0 Å². The van der Waals surface area contributed by atoms with Gasteiger partial charge in [0.15, 0.2) is 11.6 Å². The van der Waals surface area contributed by atoms with Crippen molar-refractivity contribution in [2.45, 2.75) is 20.1 Å². The zero-order chi connectivity index (χ0) is 20.6. The third-order valence-electron chi connectivity index (χ3n) is 4.36. The highest BCUT2D eigenvalue weighted by atomic mass is 16.5. The zero-order valence-corrected chi connectivity index (χ0v) is 16.3. The van der Waals surface area contributed by atoms with Crippen molar-refractivity contribution in [3.63, 3.8) is 0 Å². The molecule has 0 amide bonds. The van der Waals surface area contributed by atoms with Crippen LogP contribution in [-0.2, 0) is 13.2 Å². The molecule has 0 saturated heterocycles. The molecule has 0 bridgehead atoms. The van der Waals surface area contributed by atoms with E-state index in [1.807, 2.05) is 72.8 Å². The van der Waals surface area contributed by atoms with Crippen molar-refractivity contribution in [2.75, 3.05) is 0 Å². The quantitative estimate of drug-likeness (QED) is 0.203. The fraction of sp³-hybridized carbons (Fsp3) is 0.130. The van der Waals surface area contributed by atoms with E-state index in [1.165, 1.54) is 12.0 Å². The van der Waals surface area contributed by atoms with E-state index in [2.05, 4.69) is 5.10 Å². The molecule has 0 saturated carbocycles. The Kier molecular flexibility index (Phi) is 6.60. The number of hydrazine groups is 1. The largest absolute Gasteiger partial charge is 0.489 e. The van der Waals surface area contributed by atoms with E-state index >= 15 is 0 Å². The molecule has 148 valence electrons. The minimum Gasteiger partial charge on any atom is -0.489 e. The second-order valence-electron chi connectivity index (χ2n) is 6.59. The van der Waals surface area contributed by atoms with Crippen molar-refractivity contribution in [3.8, 4) is 5.75 Å². The van der Waals surface area contributed by atoms with Crippen LogP contribution < -0.4 is 16.3 Å². The van der Waals surface area contributed by atoms with Crippen molar-refractivity contribution in [1.82, 2.24) is 5.12 Å². The number of carbonyl (C=O) groups excluding carboxylic acids is 1. The number of ketones is 1. The highest BCUT2D eigenvalue weighted by Gasteiger charge is 2.09. The third-order valence-corrected chi connectivity index (χ3v) is 4.36. The maximum Gasteiger partial charge on any atom is 0.160 e. The SMILES string of the molecule is CC(=O)c1ccccc1CN(N)/N=C(\N)c1ccc(OCc2ccccc2)cc1. The minimum atomic E-state index is -0.0166. The molecule has 0 aliphatic heterocycles. The number of nitrogens with two attached hydrogens (primary N) is 2. The molecule has 0 aromatic heterocycles. The Morgan fingerprint density at radius 1 is 0.966 bits per heavy atom. The molecule has 0 unspecified atom stereocenters. The van der Waals surface area contributed by atoms with Gasteiger partial charge in [-0.05, 0) is 42.3 Å². The normalized spacial score (nSPS) is 11.2. The summed E-state index contributed by atoms with van der Waals surface area (Å²) in [5.74, 6) is 6.99. The van der Waals surface area contributed by atoms with Gasteiger partial charge in [0.05, 0.1) is 6.54 Å². The molecule has 3 rings (SSSR count). The molecule has 29 heavy (non-hydrogen) atoms. The van der Waals surface area contributed by atoms with Crippen molar-refractivity contribution in [3.05, 3.63) is 101 Å². The van der Waals surface area contributed by atoms with Crippen LogP contribution >= 0.6 is 0 Å². The molecule has 0 radical (unpaired) electrons. The van der Waals surface area contributed by atoms with Gasteiger partial charge in [-0.1, -0.05) is 54.6 Å². The Labute approximate surface area is 170 Å². The van der Waals surface area contributed by atoms with Crippen LogP contribution in [0.25, 0.3) is 0 Å². The molecule has 6 nitrogen and oxygen atoms in total. The topological polar surface area (TPSA) is 93.9 Å². The zero-order valence-electron chi connectivity index (χ0n) is 16.3. The first kappa shape index (κ1) is 20.1. The van der Waals surface area contributed by atoms with Crippen molar-refractivity contribution in [1.29, 1.82) is 0 Å². The summed E-state index contributed by atoms with van der Waals surface area (Å²) in [6.07, 6.45) is 0. The Bertz CT molecular complexity index is 985. The standard InChI is InChI=1S/C23H24N4O2/c1-17(28)22-10-6-5-9-20(22)15-27(25)26-23(24)19-11-13-21(14-12-19)29-16-18-7-3-2-4-8-18/h2-14H,15-16,25H2,1H3,(H2,24,26). The van der Waals surface area contributed by atoms with Gasteiger partial charge in [-0.3, -0.25) is 4.79 Å². The number of nitrogens with zero attached hydrogens (tertiary/aromatic N) is 2. The fourth-order valence-electron chi connectivity index (χ4n) is 2.87. The second-order valence-corrected chi connectivity index (χ2v) is 6.59. The predicted octanol–water partition coefficient (Wildman–Crippen LogP) is 3.46. The molecule has 0 fully saturated rings. The van der Waals surface area contributed by atoms with Crippen LogP contribution in [0.2, 0.25) is 0 Å². The van der Waals surface area contributed by atoms with Crippen LogP contribution in [0.4, 0.5) is 0 Å². The number of hydrazone groups is 1. The van der Waals surface area contributed by atoms with Crippen LogP contribution in [-0.4, -0.2) is 16.7 Å². The molecule has 3 aromatic rings. The number of rotatable bonds is 8. The van der Waals surface area contributed by atoms with Crippen LogP contribution in [0.5, 0.6) is 5.75 Å². The first-order valence-corrected chi connectivity index (χ1v) is 9.25. The molecule has 0 spiro atoms. The molecule has 6 heteroatoms. The van der Waals surface area contributed by atoms with E-state index in [1.54, 1.807) is 6.07 Å². The van der Waals surface area contributed by atoms with E-state index in [9.17, 15) is 4.79 Å². The van der Waals surface area contributed by atoms with Gasteiger partial charge < -0.3 is 10.5 Å². The summed E-state index contributed by atoms with van der Waals surface area (Å²) in [7, 11) is 0. The Balaban J connectivity index is 1.62. The molecule has 3 aromatic carbocycles. The van der Waals surface area contributed by atoms with E-state index in [0.29, 0.717) is 12.2 Å². The smallest absolute Gasteiger partial charge is 0.160 e. The third kappa shape index (κ3) is 5.67. The highest BCUT2D eigenvalue weighted by molar-refractivity contribution is 5.97. The maximum atomic E-state index is 11.7. The lowest BCUT2D eigenvalue weighted by Crippen LogP contribution is -2.29. The lowest BCUT2D eigenvalue weighted by Gasteiger charge is -2.15. The van der Waals surface area contributed by atoms with Crippen LogP contribution in [0.1, 0.15) is 34.0 Å². The minimum absolute atomic E-state index is 0.0166. The monoisotopic (exact) mass is 388 g/mol. The summed E-state index contributed by atoms with van der Waals surface area (Å²) in [6.45, 7) is 2.29. The number of benzene rings is 3. The number of Topliss-reactive ketones (excluding diaryl/α,β-unsaturated/α-hetero) is 1. The van der Waals surface area contributed by atoms with Gasteiger partial charge in [-0.25, -0.2) is 11.0 Å². The van der Waals surface area contributed by atoms with Crippen molar-refractivity contribution < 1.29 is 9.53 Å². The van der Waals surface area contributed by atoms with E-state index in [4.69, 9.17) is 16.3 Å². The number of hydrogen-bond acceptors (Lipinski definition) is 5. The molecular weight excluding hydrogens is 364 g/mol. The summed E-state index contributed by atoms with van der Waals surface area (Å²) in [6, 6.07) is 24.6. The molecule has 0 atom stereocenters. The maximum absolute atomic E-state index is 11.7. The lowest BCUT2D eigenvalue weighted by molar-refractivity contribution is 0.101. The predicted molar refractivity (Wildman–Crippen MR) is 114 cm³/mol. The second kappa shape index (κ2) is 9.52. The number of hydrogen-bond donors (Lipinski definition) is 2. The van der Waals surface area contributed by atoms with Crippen molar-refractivity contribution >= 4 is 11.6 Å². The van der Waals surface area contributed by atoms with Gasteiger partial charge in [0.1, 0.15) is 12.4 Å². The van der Waals surface area contributed by atoms with Crippen molar-refractivity contribution in [2.24, 2.45) is 16.7 Å². The van der Waals surface area contributed by atoms with E-state index in [-0.39, 0.29) is 18.2 Å². The summed E-state index contributed by atoms with van der Waals surface area (Å²) in [5.41, 5.74) is 9.33. The van der Waals surface area contributed by atoms with E-state index < -0.39 is 0 Å². The first-order valence-electron chi connectivity index (χ1n) is 9.25. The Morgan fingerprint density at radius 3 is 2.31 bits per heavy atom. The average Bonchev–Trinajstić information content (AvgIpc) is 2.73. The number of ether oxygens (including phenoxy) is 1. The molecule has 4 N–H and O–H groups in total. The molecular formula is C23H24N4O2. The van der Waals surface area contributed by atoms with Crippen LogP contribution in [0.3, 0.4) is 0 Å². The van der Waals surface area contributed by atoms with Gasteiger partial charge in [0.25, 0.3) is 0 Å². The molecule has 0 aliphatic carbocycles. The van der Waals surface area contributed by atoms with Gasteiger partial charge >= 0.3 is 0 Å². The molecule has 0 heterocycles.